The van der Waals surface area contributed by atoms with Crippen LogP contribution < -0.4 is 0 Å². The fourth-order valence-corrected chi connectivity index (χ4v) is 2.09. The molecule has 5 nitrogen and oxygen atoms in total. The molecule has 0 amide bonds. The average Bonchev–Trinajstić information content (AvgIpc) is 2.90. The molecule has 2 rings (SSSR count). The lowest BCUT2D eigenvalue weighted by molar-refractivity contribution is 0.646. The molecule has 18 heavy (non-hydrogen) atoms. The van der Waals surface area contributed by atoms with E-state index in [9.17, 15) is 0 Å². The van der Waals surface area contributed by atoms with Crippen LogP contribution in [0.25, 0.3) is 0 Å². The Morgan fingerprint density at radius 3 is 2.72 bits per heavy atom. The molecule has 0 saturated heterocycles. The van der Waals surface area contributed by atoms with Crippen molar-refractivity contribution in [3.05, 3.63) is 28.3 Å². The van der Waals surface area contributed by atoms with Crippen molar-refractivity contribution in [2.75, 3.05) is 0 Å². The standard InChI is InChI=1S/C11H15Cl2N5/c1-4-9(12)10-6-18(16-14-10)5-8-7(2)15-17(3)11(8)13/h6,9H,4-5H2,1-3H3. The molecule has 0 aromatic carbocycles. The van der Waals surface area contributed by atoms with Gasteiger partial charge in [-0.25, -0.2) is 4.68 Å². The number of nitrogens with zero attached hydrogens (tertiary/aromatic N) is 5. The second-order valence-corrected chi connectivity index (χ2v) is 5.08. The Morgan fingerprint density at radius 1 is 1.44 bits per heavy atom. The topological polar surface area (TPSA) is 48.5 Å². The van der Waals surface area contributed by atoms with Crippen molar-refractivity contribution in [1.82, 2.24) is 24.8 Å². The molecule has 0 N–H and O–H groups in total. The molecule has 2 aromatic heterocycles. The summed E-state index contributed by atoms with van der Waals surface area (Å²) in [7, 11) is 1.82. The molecule has 0 aliphatic rings. The van der Waals surface area contributed by atoms with Crippen LogP contribution >= 0.6 is 23.2 Å². The Bertz CT molecular complexity index is 546. The predicted molar refractivity (Wildman–Crippen MR) is 71.0 cm³/mol. The van der Waals surface area contributed by atoms with Crippen molar-refractivity contribution in [2.24, 2.45) is 7.05 Å². The summed E-state index contributed by atoms with van der Waals surface area (Å²) in [5.74, 6) is 0. The highest BCUT2D eigenvalue weighted by atomic mass is 35.5. The van der Waals surface area contributed by atoms with E-state index in [2.05, 4.69) is 15.4 Å². The largest absolute Gasteiger partial charge is 0.256 e. The molecule has 1 atom stereocenters. The third-order valence-electron chi connectivity index (χ3n) is 2.83. The minimum absolute atomic E-state index is 0.0933. The third kappa shape index (κ3) is 2.52. The van der Waals surface area contributed by atoms with E-state index in [1.165, 1.54) is 0 Å². The fraction of sp³-hybridized carbons (Fsp3) is 0.545. The fourth-order valence-electron chi connectivity index (χ4n) is 1.76. The SMILES string of the molecule is CCC(Cl)c1cn(Cc2c(C)nn(C)c2Cl)nn1. The lowest BCUT2D eigenvalue weighted by Crippen LogP contribution is -2.01. The number of alkyl halides is 1. The van der Waals surface area contributed by atoms with E-state index in [1.807, 2.05) is 27.1 Å². The van der Waals surface area contributed by atoms with Gasteiger partial charge in [-0.3, -0.25) is 4.68 Å². The second kappa shape index (κ2) is 5.28. The van der Waals surface area contributed by atoms with Gasteiger partial charge in [-0.2, -0.15) is 5.10 Å². The van der Waals surface area contributed by atoms with Crippen LogP contribution in [-0.2, 0) is 13.6 Å². The summed E-state index contributed by atoms with van der Waals surface area (Å²) in [6.45, 7) is 4.49. The summed E-state index contributed by atoms with van der Waals surface area (Å²) in [5, 5.41) is 12.9. The van der Waals surface area contributed by atoms with Gasteiger partial charge in [-0.15, -0.1) is 16.7 Å². The van der Waals surface area contributed by atoms with Gasteiger partial charge in [0, 0.05) is 12.6 Å². The summed E-state index contributed by atoms with van der Waals surface area (Å²) in [6.07, 6.45) is 2.68. The molecule has 98 valence electrons. The molecule has 1 unspecified atom stereocenters. The first kappa shape index (κ1) is 13.4. The highest BCUT2D eigenvalue weighted by Crippen LogP contribution is 2.22. The molecule has 0 aliphatic heterocycles. The highest BCUT2D eigenvalue weighted by molar-refractivity contribution is 6.30. The second-order valence-electron chi connectivity index (χ2n) is 4.20. The number of aryl methyl sites for hydroxylation is 2. The monoisotopic (exact) mass is 287 g/mol. The van der Waals surface area contributed by atoms with Gasteiger partial charge in [0.2, 0.25) is 0 Å². The van der Waals surface area contributed by atoms with Gasteiger partial charge in [-0.1, -0.05) is 23.7 Å². The Labute approximate surface area is 116 Å². The van der Waals surface area contributed by atoms with Gasteiger partial charge < -0.3 is 0 Å². The van der Waals surface area contributed by atoms with Gasteiger partial charge in [-0.05, 0) is 13.3 Å². The molecule has 0 aliphatic carbocycles. The van der Waals surface area contributed by atoms with Gasteiger partial charge in [0.15, 0.2) is 0 Å². The van der Waals surface area contributed by atoms with Crippen LogP contribution in [0, 0.1) is 6.92 Å². The molecule has 2 heterocycles. The van der Waals surface area contributed by atoms with Crippen LogP contribution in [0.3, 0.4) is 0 Å². The van der Waals surface area contributed by atoms with Crippen molar-refractivity contribution < 1.29 is 0 Å². The van der Waals surface area contributed by atoms with Crippen LogP contribution in [0.1, 0.15) is 35.7 Å². The van der Waals surface area contributed by atoms with E-state index in [1.54, 1.807) is 9.36 Å². The van der Waals surface area contributed by atoms with Crippen LogP contribution in [0.4, 0.5) is 0 Å². The first-order chi connectivity index (χ1) is 8.52. The summed E-state index contributed by atoms with van der Waals surface area (Å²) in [4.78, 5) is 0. The summed E-state index contributed by atoms with van der Waals surface area (Å²) in [5.41, 5.74) is 2.65. The van der Waals surface area contributed by atoms with Crippen molar-refractivity contribution in [3.63, 3.8) is 0 Å². The molecule has 0 radical (unpaired) electrons. The number of aromatic nitrogens is 5. The van der Waals surface area contributed by atoms with Crippen LogP contribution in [-0.4, -0.2) is 24.8 Å². The van der Waals surface area contributed by atoms with E-state index >= 15 is 0 Å². The Kier molecular flexibility index (Phi) is 3.92. The highest BCUT2D eigenvalue weighted by Gasteiger charge is 2.14. The van der Waals surface area contributed by atoms with Crippen LogP contribution in [0.15, 0.2) is 6.20 Å². The lowest BCUT2D eigenvalue weighted by atomic mass is 10.2. The van der Waals surface area contributed by atoms with Crippen LogP contribution in [0.5, 0.6) is 0 Å². The lowest BCUT2D eigenvalue weighted by Gasteiger charge is -2.01. The molecule has 0 bridgehead atoms. The van der Waals surface area contributed by atoms with E-state index in [4.69, 9.17) is 23.2 Å². The van der Waals surface area contributed by atoms with Crippen molar-refractivity contribution in [2.45, 2.75) is 32.2 Å². The van der Waals surface area contributed by atoms with Gasteiger partial charge in [0.25, 0.3) is 0 Å². The minimum Gasteiger partial charge on any atom is -0.256 e. The summed E-state index contributed by atoms with van der Waals surface area (Å²) >= 11 is 12.3. The van der Waals surface area contributed by atoms with Crippen molar-refractivity contribution in [1.29, 1.82) is 0 Å². The summed E-state index contributed by atoms with van der Waals surface area (Å²) in [6, 6.07) is 0. The normalized spacial score (nSPS) is 12.9. The number of hydrogen-bond donors (Lipinski definition) is 0. The van der Waals surface area contributed by atoms with Gasteiger partial charge >= 0.3 is 0 Å². The number of rotatable bonds is 4. The molecule has 0 spiro atoms. The Hall–Kier alpha value is -1.07. The van der Waals surface area contributed by atoms with Gasteiger partial charge in [0.1, 0.15) is 10.8 Å². The maximum atomic E-state index is 6.17. The molecular formula is C11H15Cl2N5. The molecule has 0 fully saturated rings. The van der Waals surface area contributed by atoms with Crippen molar-refractivity contribution in [3.8, 4) is 0 Å². The number of halogens is 2. The van der Waals surface area contributed by atoms with E-state index in [-0.39, 0.29) is 5.38 Å². The zero-order valence-corrected chi connectivity index (χ0v) is 12.1. The van der Waals surface area contributed by atoms with E-state index in [0.29, 0.717) is 11.7 Å². The maximum Gasteiger partial charge on any atom is 0.132 e. The third-order valence-corrected chi connectivity index (χ3v) is 3.83. The maximum absolute atomic E-state index is 6.17. The summed E-state index contributed by atoms with van der Waals surface area (Å²) < 4.78 is 3.39. The van der Waals surface area contributed by atoms with Crippen molar-refractivity contribution >= 4 is 23.2 Å². The minimum atomic E-state index is -0.0933. The molecule has 2 aromatic rings. The molecular weight excluding hydrogens is 273 g/mol. The molecule has 7 heteroatoms. The first-order valence-corrected chi connectivity index (χ1v) is 6.56. The van der Waals surface area contributed by atoms with Gasteiger partial charge in [0.05, 0.1) is 23.8 Å². The number of hydrogen-bond acceptors (Lipinski definition) is 3. The zero-order valence-electron chi connectivity index (χ0n) is 10.6. The van der Waals surface area contributed by atoms with E-state index < -0.39 is 0 Å². The smallest absolute Gasteiger partial charge is 0.132 e. The van der Waals surface area contributed by atoms with E-state index in [0.717, 1.165) is 23.4 Å². The predicted octanol–water partition coefficient (Wildman–Crippen LogP) is 2.71. The Balaban J connectivity index is 2.21. The Morgan fingerprint density at radius 2 is 2.17 bits per heavy atom. The average molecular weight is 288 g/mol. The quantitative estimate of drug-likeness (QED) is 0.813. The first-order valence-electron chi connectivity index (χ1n) is 5.75. The van der Waals surface area contributed by atoms with Crippen LogP contribution in [0.2, 0.25) is 5.15 Å². The molecule has 0 saturated carbocycles. The zero-order chi connectivity index (χ0) is 13.3.